The lowest BCUT2D eigenvalue weighted by Crippen LogP contribution is -2.41. The first kappa shape index (κ1) is 10.2. The van der Waals surface area contributed by atoms with Gasteiger partial charge in [-0.25, -0.2) is 0 Å². The molecule has 14 heavy (non-hydrogen) atoms. The molecule has 0 spiro atoms. The maximum atomic E-state index is 11.4. The average molecular weight is 196 g/mol. The van der Waals surface area contributed by atoms with Crippen molar-refractivity contribution in [3.05, 3.63) is 0 Å². The molecule has 1 atom stereocenters. The highest BCUT2D eigenvalue weighted by molar-refractivity contribution is 5.79. The van der Waals surface area contributed by atoms with Crippen LogP contribution in [0.5, 0.6) is 0 Å². The van der Waals surface area contributed by atoms with Gasteiger partial charge in [0.05, 0.1) is 12.7 Å². The summed E-state index contributed by atoms with van der Waals surface area (Å²) in [4.78, 5) is 11.4. The fourth-order valence-electron chi connectivity index (χ4n) is 2.81. The van der Waals surface area contributed by atoms with E-state index in [9.17, 15) is 4.79 Å². The van der Waals surface area contributed by atoms with Crippen LogP contribution < -0.4 is 0 Å². The van der Waals surface area contributed by atoms with Gasteiger partial charge in [0, 0.05) is 12.8 Å². The zero-order chi connectivity index (χ0) is 10.0. The zero-order valence-corrected chi connectivity index (χ0v) is 9.05. The molecule has 2 fully saturated rings. The minimum absolute atomic E-state index is 0.212. The third kappa shape index (κ3) is 2.00. The van der Waals surface area contributed by atoms with E-state index in [1.165, 1.54) is 32.1 Å². The molecular formula is C12H20O2. The van der Waals surface area contributed by atoms with Crippen LogP contribution in [0, 0.1) is 5.41 Å². The molecule has 1 aliphatic heterocycles. The lowest BCUT2D eigenvalue weighted by molar-refractivity contribution is -0.137. The number of carbonyl (C=O) groups is 1. The van der Waals surface area contributed by atoms with Crippen molar-refractivity contribution in [2.75, 3.05) is 6.61 Å². The third-order valence-corrected chi connectivity index (χ3v) is 3.89. The number of rotatable bonds is 1. The number of hydrogen-bond acceptors (Lipinski definition) is 2. The van der Waals surface area contributed by atoms with Crippen molar-refractivity contribution in [1.29, 1.82) is 0 Å². The Hall–Kier alpha value is -0.370. The van der Waals surface area contributed by atoms with Gasteiger partial charge in [-0.1, -0.05) is 26.2 Å². The minimum atomic E-state index is 0.212. The van der Waals surface area contributed by atoms with E-state index in [-0.39, 0.29) is 11.5 Å². The lowest BCUT2D eigenvalue weighted by Gasteiger charge is -2.41. The van der Waals surface area contributed by atoms with Gasteiger partial charge in [0.1, 0.15) is 5.78 Å². The van der Waals surface area contributed by atoms with Gasteiger partial charge < -0.3 is 4.74 Å². The van der Waals surface area contributed by atoms with Crippen molar-refractivity contribution in [3.8, 4) is 0 Å². The van der Waals surface area contributed by atoms with Crippen LogP contribution in [0.4, 0.5) is 0 Å². The second-order valence-corrected chi connectivity index (χ2v) is 5.07. The van der Waals surface area contributed by atoms with E-state index < -0.39 is 0 Å². The first-order valence-electron chi connectivity index (χ1n) is 5.84. The Bertz CT molecular complexity index is 216. The molecule has 0 amide bonds. The molecule has 1 saturated carbocycles. The van der Waals surface area contributed by atoms with E-state index in [0.29, 0.717) is 25.2 Å². The van der Waals surface area contributed by atoms with Crippen LogP contribution in [0.2, 0.25) is 0 Å². The molecule has 2 rings (SSSR count). The van der Waals surface area contributed by atoms with Crippen molar-refractivity contribution in [1.82, 2.24) is 0 Å². The molecule has 0 unspecified atom stereocenters. The molecule has 2 heteroatoms. The van der Waals surface area contributed by atoms with Crippen molar-refractivity contribution < 1.29 is 9.53 Å². The molecule has 0 aromatic carbocycles. The lowest BCUT2D eigenvalue weighted by atomic mass is 9.70. The van der Waals surface area contributed by atoms with Gasteiger partial charge >= 0.3 is 0 Å². The number of carbonyl (C=O) groups excluding carboxylic acids is 1. The normalized spacial score (nSPS) is 32.9. The van der Waals surface area contributed by atoms with Gasteiger partial charge in [0.2, 0.25) is 0 Å². The second-order valence-electron chi connectivity index (χ2n) is 5.07. The first-order valence-corrected chi connectivity index (χ1v) is 5.84. The smallest absolute Gasteiger partial charge is 0.137 e. The SMILES string of the molecule is CC1([C@H]2CC(=O)CCO2)CCCCC1. The van der Waals surface area contributed by atoms with Gasteiger partial charge in [-0.2, -0.15) is 0 Å². The number of hydrogen-bond donors (Lipinski definition) is 0. The summed E-state index contributed by atoms with van der Waals surface area (Å²) in [6.07, 6.45) is 7.97. The Morgan fingerprint density at radius 1 is 1.29 bits per heavy atom. The standard InChI is InChI=1S/C12H20O2/c1-12(6-3-2-4-7-12)11-9-10(13)5-8-14-11/h11H,2-9H2,1H3/t11-/m1/s1. The van der Waals surface area contributed by atoms with Crippen LogP contribution in [-0.4, -0.2) is 18.5 Å². The largest absolute Gasteiger partial charge is 0.377 e. The van der Waals surface area contributed by atoms with E-state index in [2.05, 4.69) is 6.92 Å². The number of ketones is 1. The zero-order valence-electron chi connectivity index (χ0n) is 9.05. The Labute approximate surface area is 86.0 Å². The van der Waals surface area contributed by atoms with E-state index in [1.807, 2.05) is 0 Å². The molecule has 1 heterocycles. The minimum Gasteiger partial charge on any atom is -0.377 e. The van der Waals surface area contributed by atoms with Crippen molar-refractivity contribution in [2.45, 2.75) is 58.0 Å². The molecule has 0 aromatic rings. The summed E-state index contributed by atoms with van der Waals surface area (Å²) < 4.78 is 5.77. The molecule has 80 valence electrons. The average Bonchev–Trinajstić information content (AvgIpc) is 2.19. The van der Waals surface area contributed by atoms with E-state index in [1.54, 1.807) is 0 Å². The molecule has 2 aliphatic rings. The van der Waals surface area contributed by atoms with Crippen LogP contribution in [0.3, 0.4) is 0 Å². The molecule has 2 nitrogen and oxygen atoms in total. The Balaban J connectivity index is 2.00. The fraction of sp³-hybridized carbons (Fsp3) is 0.917. The van der Waals surface area contributed by atoms with Crippen molar-refractivity contribution in [2.24, 2.45) is 5.41 Å². The van der Waals surface area contributed by atoms with Crippen molar-refractivity contribution >= 4 is 5.78 Å². The number of ether oxygens (including phenoxy) is 1. The van der Waals surface area contributed by atoms with E-state index in [0.717, 1.165) is 0 Å². The highest BCUT2D eigenvalue weighted by atomic mass is 16.5. The fourth-order valence-corrected chi connectivity index (χ4v) is 2.81. The quantitative estimate of drug-likeness (QED) is 0.644. The molecule has 0 N–H and O–H groups in total. The first-order chi connectivity index (χ1) is 6.71. The Morgan fingerprint density at radius 3 is 2.64 bits per heavy atom. The summed E-state index contributed by atoms with van der Waals surface area (Å²) in [5.41, 5.74) is 0.286. The summed E-state index contributed by atoms with van der Waals surface area (Å²) in [5, 5.41) is 0. The Kier molecular flexibility index (Phi) is 2.91. The molecule has 0 aromatic heterocycles. The molecule has 0 radical (unpaired) electrons. The highest BCUT2D eigenvalue weighted by Crippen LogP contribution is 2.42. The van der Waals surface area contributed by atoms with Gasteiger partial charge in [-0.05, 0) is 18.3 Å². The molecule has 0 bridgehead atoms. The highest BCUT2D eigenvalue weighted by Gasteiger charge is 2.38. The van der Waals surface area contributed by atoms with Crippen LogP contribution in [0.15, 0.2) is 0 Å². The summed E-state index contributed by atoms with van der Waals surface area (Å²) in [7, 11) is 0. The molecule has 1 aliphatic carbocycles. The summed E-state index contributed by atoms with van der Waals surface area (Å²) >= 11 is 0. The van der Waals surface area contributed by atoms with E-state index in [4.69, 9.17) is 4.74 Å². The van der Waals surface area contributed by atoms with Gasteiger partial charge in [-0.15, -0.1) is 0 Å². The van der Waals surface area contributed by atoms with Crippen LogP contribution in [0.1, 0.15) is 51.9 Å². The van der Waals surface area contributed by atoms with Crippen LogP contribution >= 0.6 is 0 Å². The maximum Gasteiger partial charge on any atom is 0.137 e. The van der Waals surface area contributed by atoms with Gasteiger partial charge in [0.15, 0.2) is 0 Å². The van der Waals surface area contributed by atoms with Gasteiger partial charge in [-0.3, -0.25) is 4.79 Å². The Morgan fingerprint density at radius 2 is 2.00 bits per heavy atom. The second kappa shape index (κ2) is 4.01. The summed E-state index contributed by atoms with van der Waals surface area (Å²) in [6, 6.07) is 0. The topological polar surface area (TPSA) is 26.3 Å². The van der Waals surface area contributed by atoms with Gasteiger partial charge in [0.25, 0.3) is 0 Å². The monoisotopic (exact) mass is 196 g/mol. The maximum absolute atomic E-state index is 11.4. The summed E-state index contributed by atoms with van der Waals surface area (Å²) in [6.45, 7) is 2.95. The summed E-state index contributed by atoms with van der Waals surface area (Å²) in [5.74, 6) is 0.396. The van der Waals surface area contributed by atoms with Crippen LogP contribution in [-0.2, 0) is 9.53 Å². The predicted octanol–water partition coefficient (Wildman–Crippen LogP) is 2.70. The predicted molar refractivity (Wildman–Crippen MR) is 55.2 cm³/mol. The molecular weight excluding hydrogens is 176 g/mol. The molecule has 1 saturated heterocycles. The van der Waals surface area contributed by atoms with E-state index >= 15 is 0 Å². The van der Waals surface area contributed by atoms with Crippen molar-refractivity contribution in [3.63, 3.8) is 0 Å². The number of Topliss-reactive ketones (excluding diaryl/α,β-unsaturated/α-hetero) is 1. The third-order valence-electron chi connectivity index (χ3n) is 3.89. The van der Waals surface area contributed by atoms with Crippen LogP contribution in [0.25, 0.3) is 0 Å².